The Hall–Kier alpha value is -2.41. The van der Waals surface area contributed by atoms with Gasteiger partial charge in [0.1, 0.15) is 18.5 Å². The first-order valence-electron chi connectivity index (χ1n) is 7.08. The van der Waals surface area contributed by atoms with Gasteiger partial charge in [0.2, 0.25) is 0 Å². The number of primary amides is 1. The molecule has 0 saturated heterocycles. The average molecular weight is 317 g/mol. The van der Waals surface area contributed by atoms with Gasteiger partial charge in [0.05, 0.1) is 6.61 Å². The van der Waals surface area contributed by atoms with Crippen LogP contribution in [0.2, 0.25) is 0 Å². The van der Waals surface area contributed by atoms with E-state index in [1.54, 1.807) is 42.5 Å². The maximum absolute atomic E-state index is 11.8. The van der Waals surface area contributed by atoms with Gasteiger partial charge in [-0.15, -0.1) is 0 Å². The lowest BCUT2D eigenvalue weighted by molar-refractivity contribution is -0.133. The molecule has 0 aliphatic rings. The lowest BCUT2D eigenvalue weighted by Crippen LogP contribution is -2.42. The molecular weight excluding hydrogens is 298 g/mol. The van der Waals surface area contributed by atoms with Crippen LogP contribution in [0.15, 0.2) is 54.6 Å². The molecule has 23 heavy (non-hydrogen) atoms. The van der Waals surface area contributed by atoms with Crippen molar-refractivity contribution < 1.29 is 24.9 Å². The molecule has 0 bridgehead atoms. The first kappa shape index (κ1) is 17.0. The Labute approximate surface area is 133 Å². The lowest BCUT2D eigenvalue weighted by atomic mass is 9.86. The monoisotopic (exact) mass is 317 g/mol. The van der Waals surface area contributed by atoms with E-state index in [9.17, 15) is 15.0 Å². The van der Waals surface area contributed by atoms with Gasteiger partial charge < -0.3 is 25.8 Å². The van der Waals surface area contributed by atoms with Crippen LogP contribution in [0.25, 0.3) is 0 Å². The van der Waals surface area contributed by atoms with Gasteiger partial charge in [-0.05, 0) is 23.3 Å². The number of ether oxygens (including phenoxy) is 1. The van der Waals surface area contributed by atoms with Gasteiger partial charge >= 0.3 is 0 Å². The Bertz CT molecular complexity index is 644. The molecule has 0 aliphatic heterocycles. The van der Waals surface area contributed by atoms with Crippen molar-refractivity contribution in [2.75, 3.05) is 13.2 Å². The molecule has 6 heteroatoms. The minimum Gasteiger partial charge on any atom is -0.491 e. The van der Waals surface area contributed by atoms with Gasteiger partial charge in [-0.1, -0.05) is 42.5 Å². The summed E-state index contributed by atoms with van der Waals surface area (Å²) in [5.41, 5.74) is 4.15. The number of aliphatic hydroxyl groups is 3. The highest BCUT2D eigenvalue weighted by atomic mass is 16.5. The number of benzene rings is 2. The fraction of sp³-hybridized carbons (Fsp3) is 0.235. The van der Waals surface area contributed by atoms with Gasteiger partial charge in [-0.2, -0.15) is 0 Å². The van der Waals surface area contributed by atoms with Crippen molar-refractivity contribution in [3.63, 3.8) is 0 Å². The third-order valence-electron chi connectivity index (χ3n) is 3.47. The summed E-state index contributed by atoms with van der Waals surface area (Å²) < 4.78 is 5.28. The molecule has 122 valence electrons. The van der Waals surface area contributed by atoms with Crippen LogP contribution < -0.4 is 10.5 Å². The second-order valence-corrected chi connectivity index (χ2v) is 5.11. The maximum Gasteiger partial charge on any atom is 0.258 e. The number of carbonyl (C=O) groups excluding carboxylic acids is 1. The highest BCUT2D eigenvalue weighted by molar-refractivity contribution is 5.88. The Kier molecular flexibility index (Phi) is 5.33. The van der Waals surface area contributed by atoms with Crippen LogP contribution in [0.3, 0.4) is 0 Å². The second-order valence-electron chi connectivity index (χ2n) is 5.11. The number of hydrogen-bond acceptors (Lipinski definition) is 5. The number of amides is 1. The van der Waals surface area contributed by atoms with Gasteiger partial charge in [0, 0.05) is 0 Å². The van der Waals surface area contributed by atoms with Gasteiger partial charge in [-0.25, -0.2) is 0 Å². The summed E-state index contributed by atoms with van der Waals surface area (Å²) in [7, 11) is 0. The number of aliphatic hydroxyl groups excluding tert-OH is 2. The van der Waals surface area contributed by atoms with Crippen LogP contribution in [0, 0.1) is 0 Å². The SMILES string of the molecule is NC(=O)C(O)(c1ccccc1)c1ccc(OC[C@H](O)CO)cc1. The topological polar surface area (TPSA) is 113 Å². The van der Waals surface area contributed by atoms with Crippen molar-refractivity contribution >= 4 is 5.91 Å². The smallest absolute Gasteiger partial charge is 0.258 e. The molecule has 0 spiro atoms. The molecule has 2 atom stereocenters. The molecule has 0 heterocycles. The van der Waals surface area contributed by atoms with E-state index in [2.05, 4.69) is 0 Å². The lowest BCUT2D eigenvalue weighted by Gasteiger charge is -2.26. The Morgan fingerprint density at radius 1 is 1.09 bits per heavy atom. The maximum atomic E-state index is 11.8. The third kappa shape index (κ3) is 3.68. The molecule has 2 aromatic carbocycles. The molecule has 2 aromatic rings. The van der Waals surface area contributed by atoms with E-state index in [0.717, 1.165) is 0 Å². The Balaban J connectivity index is 2.26. The van der Waals surface area contributed by atoms with E-state index in [0.29, 0.717) is 16.9 Å². The van der Waals surface area contributed by atoms with E-state index in [-0.39, 0.29) is 6.61 Å². The summed E-state index contributed by atoms with van der Waals surface area (Å²) in [6, 6.07) is 14.6. The molecule has 1 amide bonds. The number of hydrogen-bond donors (Lipinski definition) is 4. The second kappa shape index (κ2) is 7.23. The molecule has 0 fully saturated rings. The van der Waals surface area contributed by atoms with Crippen LogP contribution >= 0.6 is 0 Å². The molecule has 2 rings (SSSR count). The minimum absolute atomic E-state index is 0.0609. The van der Waals surface area contributed by atoms with Gasteiger partial charge in [0.15, 0.2) is 5.60 Å². The van der Waals surface area contributed by atoms with Crippen molar-refractivity contribution in [3.8, 4) is 5.75 Å². The van der Waals surface area contributed by atoms with E-state index >= 15 is 0 Å². The number of nitrogens with two attached hydrogens (primary N) is 1. The van der Waals surface area contributed by atoms with Crippen LogP contribution in [-0.4, -0.2) is 40.5 Å². The largest absolute Gasteiger partial charge is 0.491 e. The van der Waals surface area contributed by atoms with Gasteiger partial charge in [0.25, 0.3) is 5.91 Å². The van der Waals surface area contributed by atoms with Crippen LogP contribution in [0.4, 0.5) is 0 Å². The van der Waals surface area contributed by atoms with E-state index < -0.39 is 24.2 Å². The van der Waals surface area contributed by atoms with Crippen LogP contribution in [-0.2, 0) is 10.4 Å². The highest BCUT2D eigenvalue weighted by Crippen LogP contribution is 2.30. The predicted octanol–water partition coefficient (Wildman–Crippen LogP) is 0.140. The molecule has 6 nitrogen and oxygen atoms in total. The normalized spacial score (nSPS) is 14.7. The summed E-state index contributed by atoms with van der Waals surface area (Å²) in [6.45, 7) is -0.456. The molecule has 0 aliphatic carbocycles. The quantitative estimate of drug-likeness (QED) is 0.580. The van der Waals surface area contributed by atoms with Crippen molar-refractivity contribution in [1.82, 2.24) is 0 Å². The molecule has 0 radical (unpaired) electrons. The predicted molar refractivity (Wildman–Crippen MR) is 83.7 cm³/mol. The van der Waals surface area contributed by atoms with Crippen molar-refractivity contribution in [1.29, 1.82) is 0 Å². The van der Waals surface area contributed by atoms with Crippen LogP contribution in [0.1, 0.15) is 11.1 Å². The first-order chi connectivity index (χ1) is 11.0. The molecule has 0 aromatic heterocycles. The molecule has 1 unspecified atom stereocenters. The molecule has 0 saturated carbocycles. The summed E-state index contributed by atoms with van der Waals surface area (Å²) in [4.78, 5) is 11.8. The molecular formula is C17H19NO5. The zero-order valence-electron chi connectivity index (χ0n) is 12.4. The average Bonchev–Trinajstić information content (AvgIpc) is 2.60. The first-order valence-corrected chi connectivity index (χ1v) is 7.08. The zero-order valence-corrected chi connectivity index (χ0v) is 12.4. The van der Waals surface area contributed by atoms with Crippen molar-refractivity contribution in [2.24, 2.45) is 5.73 Å². The zero-order chi connectivity index (χ0) is 16.9. The fourth-order valence-electron chi connectivity index (χ4n) is 2.17. The van der Waals surface area contributed by atoms with E-state index in [1.165, 1.54) is 12.1 Å². The summed E-state index contributed by atoms with van der Waals surface area (Å²) in [5, 5.41) is 28.8. The number of carbonyl (C=O) groups is 1. The minimum atomic E-state index is -1.94. The number of rotatable bonds is 7. The summed E-state index contributed by atoms with van der Waals surface area (Å²) in [6.07, 6.45) is -0.971. The van der Waals surface area contributed by atoms with Crippen molar-refractivity contribution in [3.05, 3.63) is 65.7 Å². The molecule has 5 N–H and O–H groups in total. The van der Waals surface area contributed by atoms with Crippen LogP contribution in [0.5, 0.6) is 5.75 Å². The van der Waals surface area contributed by atoms with E-state index in [4.69, 9.17) is 15.6 Å². The summed E-state index contributed by atoms with van der Waals surface area (Å²) >= 11 is 0. The fourth-order valence-corrected chi connectivity index (χ4v) is 2.17. The van der Waals surface area contributed by atoms with Crippen molar-refractivity contribution in [2.45, 2.75) is 11.7 Å². The highest BCUT2D eigenvalue weighted by Gasteiger charge is 2.37. The summed E-state index contributed by atoms with van der Waals surface area (Å²) in [5.74, 6) is -0.450. The van der Waals surface area contributed by atoms with Gasteiger partial charge in [-0.3, -0.25) is 4.79 Å². The third-order valence-corrected chi connectivity index (χ3v) is 3.47. The van der Waals surface area contributed by atoms with E-state index in [1.807, 2.05) is 0 Å². The Morgan fingerprint density at radius 2 is 1.65 bits per heavy atom. The Morgan fingerprint density at radius 3 is 2.17 bits per heavy atom. The standard InChI is InChI=1S/C17H19NO5/c18-16(21)17(22,12-4-2-1-3-5-12)13-6-8-15(9-7-13)23-11-14(20)10-19/h1-9,14,19-20,22H,10-11H2,(H2,18,21)/t14-,17?/m1/s1.